The van der Waals surface area contributed by atoms with E-state index in [0.717, 1.165) is 17.0 Å². The van der Waals surface area contributed by atoms with E-state index in [0.29, 0.717) is 18.9 Å². The molecule has 2 fully saturated rings. The fourth-order valence-corrected chi connectivity index (χ4v) is 4.79. The maximum Gasteiger partial charge on any atom is 0.417 e. The molecular weight excluding hydrogens is 526 g/mol. The molecule has 1 amide bonds. The molecule has 2 aliphatic rings. The van der Waals surface area contributed by atoms with E-state index in [1.165, 1.54) is 43.0 Å². The van der Waals surface area contributed by atoms with Crippen molar-refractivity contribution in [2.75, 3.05) is 23.0 Å². The number of rotatable bonds is 7. The summed E-state index contributed by atoms with van der Waals surface area (Å²) in [7, 11) is 0. The maximum absolute atomic E-state index is 15.0. The summed E-state index contributed by atoms with van der Waals surface area (Å²) < 4.78 is 66.2. The molecule has 4 rings (SSSR count). The number of esters is 1. The molecule has 2 aromatic carbocycles. The predicted octanol–water partition coefficient (Wildman–Crippen LogP) is 5.35. The molecule has 1 aliphatic heterocycles. The Hall–Kier alpha value is -3.72. The van der Waals surface area contributed by atoms with Gasteiger partial charge < -0.3 is 14.4 Å². The second-order valence-electron chi connectivity index (χ2n) is 9.56. The Labute approximate surface area is 221 Å². The van der Waals surface area contributed by atoms with E-state index in [1.54, 1.807) is 6.92 Å². The second-order valence-corrected chi connectivity index (χ2v) is 9.93. The Bertz CT molecular complexity index is 1370. The summed E-state index contributed by atoms with van der Waals surface area (Å²) in [5.74, 6) is -1.91. The van der Waals surface area contributed by atoms with Crippen LogP contribution in [0.2, 0.25) is 0 Å². The zero-order valence-electron chi connectivity index (χ0n) is 20.7. The van der Waals surface area contributed by atoms with Gasteiger partial charge in [-0.25, -0.2) is 4.39 Å². The number of anilines is 2. The van der Waals surface area contributed by atoms with Gasteiger partial charge in [0.2, 0.25) is 0 Å². The number of nitriles is 1. The summed E-state index contributed by atoms with van der Waals surface area (Å²) in [4.78, 5) is 27.7. The van der Waals surface area contributed by atoms with E-state index >= 15 is 4.39 Å². The number of hydrogen-bond donors (Lipinski definition) is 0. The molecule has 38 heavy (non-hydrogen) atoms. The molecular formula is C26H23F4N3O4S. The van der Waals surface area contributed by atoms with Gasteiger partial charge in [-0.1, -0.05) is 0 Å². The molecule has 0 atom stereocenters. The molecule has 1 aliphatic carbocycles. The summed E-state index contributed by atoms with van der Waals surface area (Å²) in [5.41, 5.74) is -3.95. The molecule has 1 heterocycles. The molecule has 7 nitrogen and oxygen atoms in total. The minimum atomic E-state index is -4.83. The topological polar surface area (TPSA) is 82.9 Å². The van der Waals surface area contributed by atoms with E-state index in [-0.39, 0.29) is 35.5 Å². The SMILES string of the molecule is CCOC(=O)C1(COc2ccc(N3C(=S)N(c4ccc(C#N)c(C(F)(F)F)c4)C(=O)C3(C)C)cc2F)CC1. The quantitative estimate of drug-likeness (QED) is 0.261. The van der Waals surface area contributed by atoms with Crippen LogP contribution >= 0.6 is 12.2 Å². The van der Waals surface area contributed by atoms with Crippen LogP contribution in [0.15, 0.2) is 36.4 Å². The van der Waals surface area contributed by atoms with Crippen molar-refractivity contribution in [1.29, 1.82) is 5.26 Å². The average molecular weight is 550 g/mol. The highest BCUT2D eigenvalue weighted by Crippen LogP contribution is 2.47. The Morgan fingerprint density at radius 3 is 2.37 bits per heavy atom. The van der Waals surface area contributed by atoms with Gasteiger partial charge in [-0.05, 0) is 76.2 Å². The number of benzene rings is 2. The van der Waals surface area contributed by atoms with Crippen LogP contribution in [0.1, 0.15) is 44.7 Å². The Kier molecular flexibility index (Phi) is 6.86. The third kappa shape index (κ3) is 4.67. The highest BCUT2D eigenvalue weighted by atomic mass is 32.1. The summed E-state index contributed by atoms with van der Waals surface area (Å²) in [6.07, 6.45) is -3.68. The van der Waals surface area contributed by atoms with Crippen molar-refractivity contribution in [3.63, 3.8) is 0 Å². The standard InChI is InChI=1S/C26H23F4N3O4S/c1-4-36-22(35)25(9-10-25)14-37-20-8-7-17(12-19(20)27)33-23(38)32(21(34)24(33,2)3)16-6-5-15(13-31)18(11-16)26(28,29)30/h5-8,11-12H,4,9-10,14H2,1-3H3. The first kappa shape index (κ1) is 27.3. The largest absolute Gasteiger partial charge is 0.489 e. The van der Waals surface area contributed by atoms with Crippen LogP contribution in [0.5, 0.6) is 5.75 Å². The molecule has 0 unspecified atom stereocenters. The Morgan fingerprint density at radius 1 is 1.16 bits per heavy atom. The van der Waals surface area contributed by atoms with Crippen LogP contribution in [-0.4, -0.2) is 35.7 Å². The van der Waals surface area contributed by atoms with E-state index in [4.69, 9.17) is 27.0 Å². The summed E-state index contributed by atoms with van der Waals surface area (Å²) in [5, 5.41) is 8.91. The fourth-order valence-electron chi connectivity index (χ4n) is 4.26. The third-order valence-electron chi connectivity index (χ3n) is 6.59. The lowest BCUT2D eigenvalue weighted by Crippen LogP contribution is -2.44. The molecule has 0 radical (unpaired) electrons. The van der Waals surface area contributed by atoms with Crippen molar-refractivity contribution in [2.24, 2.45) is 5.41 Å². The van der Waals surface area contributed by atoms with E-state index in [1.807, 2.05) is 0 Å². The molecule has 0 bridgehead atoms. The van der Waals surface area contributed by atoms with Crippen molar-refractivity contribution in [2.45, 2.75) is 45.3 Å². The van der Waals surface area contributed by atoms with Gasteiger partial charge in [0, 0.05) is 11.8 Å². The molecule has 0 N–H and O–H groups in total. The van der Waals surface area contributed by atoms with Crippen molar-refractivity contribution in [3.8, 4) is 11.8 Å². The molecule has 1 saturated carbocycles. The number of ether oxygens (including phenoxy) is 2. The Balaban J connectivity index is 1.61. The van der Waals surface area contributed by atoms with Gasteiger partial charge in [0.15, 0.2) is 16.7 Å². The summed E-state index contributed by atoms with van der Waals surface area (Å²) in [6, 6.07) is 8.26. The van der Waals surface area contributed by atoms with Gasteiger partial charge in [0.1, 0.15) is 17.6 Å². The van der Waals surface area contributed by atoms with Crippen LogP contribution in [0.4, 0.5) is 28.9 Å². The van der Waals surface area contributed by atoms with Crippen molar-refractivity contribution >= 4 is 40.6 Å². The lowest BCUT2D eigenvalue weighted by molar-refractivity contribution is -0.151. The first-order valence-corrected chi connectivity index (χ1v) is 12.1. The highest BCUT2D eigenvalue weighted by molar-refractivity contribution is 7.81. The third-order valence-corrected chi connectivity index (χ3v) is 6.96. The van der Waals surface area contributed by atoms with Crippen LogP contribution in [0.3, 0.4) is 0 Å². The lowest BCUT2D eigenvalue weighted by atomic mass is 10.0. The lowest BCUT2D eigenvalue weighted by Gasteiger charge is -2.29. The average Bonchev–Trinajstić information content (AvgIpc) is 3.61. The fraction of sp³-hybridized carbons (Fsp3) is 0.385. The molecule has 12 heteroatoms. The zero-order valence-corrected chi connectivity index (χ0v) is 21.5. The molecule has 0 spiro atoms. The number of hydrogen-bond acceptors (Lipinski definition) is 6. The van der Waals surface area contributed by atoms with Gasteiger partial charge in [-0.2, -0.15) is 18.4 Å². The number of nitrogens with zero attached hydrogens (tertiary/aromatic N) is 3. The maximum atomic E-state index is 15.0. The van der Waals surface area contributed by atoms with Crippen molar-refractivity contribution < 1.29 is 36.6 Å². The number of alkyl halides is 3. The van der Waals surface area contributed by atoms with Crippen LogP contribution in [-0.2, 0) is 20.5 Å². The minimum Gasteiger partial charge on any atom is -0.489 e. The summed E-state index contributed by atoms with van der Waals surface area (Å²) in [6.45, 7) is 4.88. The number of carbonyl (C=O) groups excluding carboxylic acids is 2. The van der Waals surface area contributed by atoms with Gasteiger partial charge in [0.25, 0.3) is 5.91 Å². The van der Waals surface area contributed by atoms with Gasteiger partial charge in [-0.3, -0.25) is 14.5 Å². The summed E-state index contributed by atoms with van der Waals surface area (Å²) >= 11 is 5.47. The number of halogens is 4. The van der Waals surface area contributed by atoms with Crippen LogP contribution in [0.25, 0.3) is 0 Å². The first-order chi connectivity index (χ1) is 17.8. The van der Waals surface area contributed by atoms with Gasteiger partial charge >= 0.3 is 12.1 Å². The second kappa shape index (κ2) is 9.54. The van der Waals surface area contributed by atoms with Crippen molar-refractivity contribution in [3.05, 3.63) is 53.3 Å². The molecule has 2 aromatic rings. The van der Waals surface area contributed by atoms with Crippen molar-refractivity contribution in [1.82, 2.24) is 0 Å². The van der Waals surface area contributed by atoms with E-state index in [2.05, 4.69) is 0 Å². The molecule has 0 aromatic heterocycles. The van der Waals surface area contributed by atoms with Gasteiger partial charge in [0.05, 0.1) is 29.5 Å². The first-order valence-electron chi connectivity index (χ1n) is 11.7. The van der Waals surface area contributed by atoms with E-state index < -0.39 is 46.0 Å². The number of thiocarbonyl (C=S) groups is 1. The normalized spacial score (nSPS) is 17.8. The predicted molar refractivity (Wildman–Crippen MR) is 133 cm³/mol. The van der Waals surface area contributed by atoms with Crippen LogP contribution in [0, 0.1) is 22.6 Å². The monoisotopic (exact) mass is 549 g/mol. The smallest absolute Gasteiger partial charge is 0.417 e. The van der Waals surface area contributed by atoms with Crippen LogP contribution < -0.4 is 14.5 Å². The number of carbonyl (C=O) groups is 2. The zero-order chi connectivity index (χ0) is 28.0. The highest BCUT2D eigenvalue weighted by Gasteiger charge is 2.53. The van der Waals surface area contributed by atoms with Gasteiger partial charge in [-0.15, -0.1) is 0 Å². The number of amides is 1. The molecule has 1 saturated heterocycles. The minimum absolute atomic E-state index is 0.0534. The Morgan fingerprint density at radius 2 is 1.82 bits per heavy atom. The van der Waals surface area contributed by atoms with E-state index in [9.17, 15) is 22.8 Å². The molecule has 200 valence electrons.